The maximum atomic E-state index is 5.03. The summed E-state index contributed by atoms with van der Waals surface area (Å²) in [6.45, 7) is 0. The van der Waals surface area contributed by atoms with Crippen LogP contribution in [0.4, 0.5) is 0 Å². The van der Waals surface area contributed by atoms with E-state index in [1.54, 1.807) is 0 Å². The number of rotatable bonds is 7. The summed E-state index contributed by atoms with van der Waals surface area (Å²) in [5.41, 5.74) is 12.4. The molecule has 3 nitrogen and oxygen atoms in total. The van der Waals surface area contributed by atoms with E-state index in [2.05, 4.69) is 164 Å². The molecule has 0 saturated carbocycles. The minimum absolute atomic E-state index is 0.642. The minimum atomic E-state index is 0.642. The quantitative estimate of drug-likeness (QED) is 0.165. The summed E-state index contributed by atoms with van der Waals surface area (Å²) in [5, 5.41) is 2.55. The molecule has 0 unspecified atom stereocenters. The molecule has 0 aliphatic rings. The fraction of sp³-hybridized carbons (Fsp3) is 0. The van der Waals surface area contributed by atoms with Gasteiger partial charge in [0.05, 0.1) is 0 Å². The second kappa shape index (κ2) is 14.1. The van der Waals surface area contributed by atoms with E-state index < -0.39 is 0 Å². The second-order valence-electron chi connectivity index (χ2n) is 13.6. The molecule has 8 aromatic carbocycles. The van der Waals surface area contributed by atoms with E-state index >= 15 is 0 Å². The van der Waals surface area contributed by atoms with E-state index in [1.165, 1.54) is 53.6 Å². The van der Waals surface area contributed by atoms with Crippen molar-refractivity contribution in [3.05, 3.63) is 200 Å². The average molecular weight is 720 g/mol. The lowest BCUT2D eigenvalue weighted by Gasteiger charge is -2.10. The molecule has 0 aliphatic carbocycles. The van der Waals surface area contributed by atoms with Crippen LogP contribution < -0.4 is 0 Å². The van der Waals surface area contributed by atoms with Crippen molar-refractivity contribution in [2.24, 2.45) is 0 Å². The number of hydrogen-bond donors (Lipinski definition) is 0. The highest BCUT2D eigenvalue weighted by molar-refractivity contribution is 7.26. The van der Waals surface area contributed by atoms with Crippen LogP contribution in [0.25, 0.3) is 98.8 Å². The summed E-state index contributed by atoms with van der Waals surface area (Å²) in [6, 6.07) is 70.5. The molecule has 10 rings (SSSR count). The Morgan fingerprint density at radius 2 is 0.636 bits per heavy atom. The average Bonchev–Trinajstić information content (AvgIpc) is 3.66. The zero-order chi connectivity index (χ0) is 36.6. The van der Waals surface area contributed by atoms with E-state index in [9.17, 15) is 0 Å². The highest BCUT2D eigenvalue weighted by Crippen LogP contribution is 2.46. The van der Waals surface area contributed by atoms with Crippen LogP contribution in [0.15, 0.2) is 200 Å². The van der Waals surface area contributed by atoms with E-state index in [4.69, 9.17) is 15.0 Å². The van der Waals surface area contributed by atoms with Gasteiger partial charge in [-0.05, 0) is 51.1 Å². The molecule has 0 bridgehead atoms. The number of fused-ring (bicyclic) bond motifs is 3. The first-order chi connectivity index (χ1) is 27.2. The smallest absolute Gasteiger partial charge is 0.164 e. The van der Waals surface area contributed by atoms with Gasteiger partial charge in [-0.25, -0.2) is 15.0 Å². The first-order valence-corrected chi connectivity index (χ1v) is 19.3. The van der Waals surface area contributed by atoms with Gasteiger partial charge in [0, 0.05) is 42.4 Å². The summed E-state index contributed by atoms with van der Waals surface area (Å²) in [5.74, 6) is 1.94. The van der Waals surface area contributed by atoms with Crippen LogP contribution in [0.3, 0.4) is 0 Å². The Hall–Kier alpha value is -7.01. The number of aromatic nitrogens is 3. The Bertz CT molecular complexity index is 2920. The van der Waals surface area contributed by atoms with Crippen LogP contribution in [0.1, 0.15) is 0 Å². The summed E-state index contributed by atoms with van der Waals surface area (Å²) in [6.07, 6.45) is 0. The highest BCUT2D eigenvalue weighted by atomic mass is 32.1. The molecular weight excluding hydrogens is 687 g/mol. The van der Waals surface area contributed by atoms with E-state index in [-0.39, 0.29) is 0 Å². The molecule has 0 fully saturated rings. The van der Waals surface area contributed by atoms with Crippen molar-refractivity contribution in [3.8, 4) is 78.7 Å². The lowest BCUT2D eigenvalue weighted by Crippen LogP contribution is -2.00. The van der Waals surface area contributed by atoms with Gasteiger partial charge in [0.15, 0.2) is 17.5 Å². The molecule has 0 amide bonds. The number of hydrogen-bond acceptors (Lipinski definition) is 4. The van der Waals surface area contributed by atoms with E-state index in [0.29, 0.717) is 17.5 Å². The van der Waals surface area contributed by atoms with Gasteiger partial charge in [-0.15, -0.1) is 11.3 Å². The van der Waals surface area contributed by atoms with Crippen LogP contribution in [0.5, 0.6) is 0 Å². The maximum absolute atomic E-state index is 5.03. The van der Waals surface area contributed by atoms with Crippen molar-refractivity contribution >= 4 is 31.5 Å². The van der Waals surface area contributed by atoms with Crippen molar-refractivity contribution in [2.75, 3.05) is 0 Å². The summed E-state index contributed by atoms with van der Waals surface area (Å²) in [4.78, 5) is 15.0. The topological polar surface area (TPSA) is 38.7 Å². The van der Waals surface area contributed by atoms with Crippen molar-refractivity contribution in [2.45, 2.75) is 0 Å². The Balaban J connectivity index is 1.06. The molecule has 4 heteroatoms. The second-order valence-corrected chi connectivity index (χ2v) is 14.6. The molecule has 0 saturated heterocycles. The SMILES string of the molecule is c1ccc(-c2ccc(-c3nc(-c4ccccc4)nc(-c4ccc(-c5cccc6c5sc5c(-c7ccccc7)cc(-c7ccccc7)cc56)cc4)n3)cc2)cc1. The Morgan fingerprint density at radius 3 is 1.18 bits per heavy atom. The van der Waals surface area contributed by atoms with Crippen LogP contribution >= 0.6 is 11.3 Å². The van der Waals surface area contributed by atoms with Crippen LogP contribution in [0.2, 0.25) is 0 Å². The fourth-order valence-corrected chi connectivity index (χ4v) is 8.70. The summed E-state index contributed by atoms with van der Waals surface area (Å²) >= 11 is 1.87. The molecule has 258 valence electrons. The molecule has 0 spiro atoms. The molecule has 2 aromatic heterocycles. The van der Waals surface area contributed by atoms with Gasteiger partial charge in [0.2, 0.25) is 0 Å². The molecule has 0 aliphatic heterocycles. The summed E-state index contributed by atoms with van der Waals surface area (Å²) in [7, 11) is 0. The molecule has 0 N–H and O–H groups in total. The lowest BCUT2D eigenvalue weighted by atomic mass is 9.95. The van der Waals surface area contributed by atoms with Crippen molar-refractivity contribution in [3.63, 3.8) is 0 Å². The highest BCUT2D eigenvalue weighted by Gasteiger charge is 2.17. The van der Waals surface area contributed by atoms with Crippen molar-refractivity contribution in [1.29, 1.82) is 0 Å². The summed E-state index contributed by atoms with van der Waals surface area (Å²) < 4.78 is 2.58. The van der Waals surface area contributed by atoms with Crippen LogP contribution in [-0.4, -0.2) is 15.0 Å². The number of thiophene rings is 1. The molecule has 0 radical (unpaired) electrons. The predicted molar refractivity (Wildman–Crippen MR) is 231 cm³/mol. The third kappa shape index (κ3) is 6.29. The monoisotopic (exact) mass is 719 g/mol. The van der Waals surface area contributed by atoms with Crippen molar-refractivity contribution in [1.82, 2.24) is 15.0 Å². The first-order valence-electron chi connectivity index (χ1n) is 18.4. The standard InChI is InChI=1S/C51H33N3S/c1-5-14-34(15-6-1)36-24-28-40(29-25-36)50-52-49(39-20-11-4-12-21-39)53-51(54-50)41-30-26-38(27-31-41)43-22-13-23-44-46-33-42(35-16-7-2-8-17-35)32-45(48(46)55-47(43)44)37-18-9-3-10-19-37/h1-33H. The molecule has 2 heterocycles. The third-order valence-corrected chi connectivity index (χ3v) is 11.4. The lowest BCUT2D eigenvalue weighted by molar-refractivity contribution is 1.07. The van der Waals surface area contributed by atoms with Crippen molar-refractivity contribution < 1.29 is 0 Å². The fourth-order valence-electron chi connectivity index (χ4n) is 7.35. The molecule has 55 heavy (non-hydrogen) atoms. The van der Waals surface area contributed by atoms with Gasteiger partial charge < -0.3 is 0 Å². The van der Waals surface area contributed by atoms with Crippen LogP contribution in [0, 0.1) is 0 Å². The minimum Gasteiger partial charge on any atom is -0.208 e. The Labute approximate surface area is 323 Å². The number of benzene rings is 8. The van der Waals surface area contributed by atoms with E-state index in [0.717, 1.165) is 27.8 Å². The molecule has 0 atom stereocenters. The largest absolute Gasteiger partial charge is 0.208 e. The zero-order valence-corrected chi connectivity index (χ0v) is 30.6. The first kappa shape index (κ1) is 32.6. The predicted octanol–water partition coefficient (Wildman–Crippen LogP) is 13.9. The van der Waals surface area contributed by atoms with Gasteiger partial charge in [-0.2, -0.15) is 0 Å². The number of nitrogens with zero attached hydrogens (tertiary/aromatic N) is 3. The van der Waals surface area contributed by atoms with Gasteiger partial charge in [-0.3, -0.25) is 0 Å². The van der Waals surface area contributed by atoms with Gasteiger partial charge >= 0.3 is 0 Å². The molecule has 10 aromatic rings. The molecular formula is C51H33N3S. The van der Waals surface area contributed by atoms with E-state index in [1.807, 2.05) is 47.7 Å². The van der Waals surface area contributed by atoms with Gasteiger partial charge in [0.1, 0.15) is 0 Å². The van der Waals surface area contributed by atoms with Gasteiger partial charge in [-0.1, -0.05) is 188 Å². The maximum Gasteiger partial charge on any atom is 0.164 e. The van der Waals surface area contributed by atoms with Gasteiger partial charge in [0.25, 0.3) is 0 Å². The normalized spacial score (nSPS) is 11.3. The third-order valence-electron chi connectivity index (χ3n) is 10.2. The Morgan fingerprint density at radius 1 is 0.255 bits per heavy atom. The van der Waals surface area contributed by atoms with Crippen LogP contribution in [-0.2, 0) is 0 Å². The Kier molecular flexibility index (Phi) is 8.36. The zero-order valence-electron chi connectivity index (χ0n) is 29.8.